The monoisotopic (exact) mass is 417 g/mol. The lowest BCUT2D eigenvalue weighted by Crippen LogP contribution is -2.28. The predicted octanol–water partition coefficient (Wildman–Crippen LogP) is 4.70. The molecular weight excluding hydrogens is 397 g/mol. The second kappa shape index (κ2) is 10.0. The first-order chi connectivity index (χ1) is 12.5. The molecule has 26 heavy (non-hydrogen) atoms. The zero-order chi connectivity index (χ0) is 18.9. The van der Waals surface area contributed by atoms with E-state index in [-0.39, 0.29) is 18.0 Å². The van der Waals surface area contributed by atoms with Crippen LogP contribution in [0.5, 0.6) is 0 Å². The van der Waals surface area contributed by atoms with Crippen molar-refractivity contribution in [1.82, 2.24) is 4.90 Å². The van der Waals surface area contributed by atoms with Crippen LogP contribution < -0.4 is 5.32 Å². The lowest BCUT2D eigenvalue weighted by molar-refractivity contribution is -0.116. The largest absolute Gasteiger partial charge is 0.324 e. The van der Waals surface area contributed by atoms with Crippen molar-refractivity contribution in [2.45, 2.75) is 26.3 Å². The van der Waals surface area contributed by atoms with Crippen molar-refractivity contribution >= 4 is 27.5 Å². The maximum absolute atomic E-state index is 13.8. The maximum Gasteiger partial charge on any atom is 0.225 e. The molecule has 136 valence electrons. The quantitative estimate of drug-likeness (QED) is 0.676. The highest BCUT2D eigenvalue weighted by Gasteiger charge is 2.11. The van der Waals surface area contributed by atoms with Gasteiger partial charge >= 0.3 is 0 Å². The zero-order valence-corrected chi connectivity index (χ0v) is 16.2. The van der Waals surface area contributed by atoms with E-state index < -0.39 is 5.82 Å². The highest BCUT2D eigenvalue weighted by molar-refractivity contribution is 9.10. The minimum atomic E-state index is -0.462. The molecule has 0 aliphatic heterocycles. The smallest absolute Gasteiger partial charge is 0.225 e. The summed E-state index contributed by atoms with van der Waals surface area (Å²) in [5.41, 5.74) is 1.91. The van der Waals surface area contributed by atoms with Crippen LogP contribution in [-0.4, -0.2) is 23.9 Å². The molecular formula is C20H21BrFN3O. The third-order valence-electron chi connectivity index (χ3n) is 3.89. The summed E-state index contributed by atoms with van der Waals surface area (Å²) in [6, 6.07) is 14.1. The Balaban J connectivity index is 1.90. The molecule has 0 saturated carbocycles. The average Bonchev–Trinajstić information content (AvgIpc) is 2.63. The second-order valence-corrected chi connectivity index (χ2v) is 6.92. The van der Waals surface area contributed by atoms with Gasteiger partial charge in [0.1, 0.15) is 5.82 Å². The number of benzene rings is 2. The fourth-order valence-corrected chi connectivity index (χ4v) is 2.93. The topological polar surface area (TPSA) is 56.1 Å². The Morgan fingerprint density at radius 2 is 1.96 bits per heavy atom. The Morgan fingerprint density at radius 3 is 2.58 bits per heavy atom. The van der Waals surface area contributed by atoms with Crippen LogP contribution in [-0.2, 0) is 11.3 Å². The van der Waals surface area contributed by atoms with Gasteiger partial charge in [0.15, 0.2) is 0 Å². The highest BCUT2D eigenvalue weighted by atomic mass is 79.9. The minimum absolute atomic E-state index is 0.187. The first kappa shape index (κ1) is 20.1. The van der Waals surface area contributed by atoms with E-state index in [1.165, 1.54) is 12.1 Å². The molecule has 0 aliphatic carbocycles. The number of nitrogens with zero attached hydrogens (tertiary/aromatic N) is 2. The Labute approximate surface area is 161 Å². The van der Waals surface area contributed by atoms with Crippen LogP contribution in [0.4, 0.5) is 10.1 Å². The summed E-state index contributed by atoms with van der Waals surface area (Å²) in [5.74, 6) is -0.678. The number of rotatable bonds is 8. The van der Waals surface area contributed by atoms with E-state index in [1.807, 2.05) is 12.1 Å². The van der Waals surface area contributed by atoms with E-state index in [0.717, 1.165) is 18.5 Å². The van der Waals surface area contributed by atoms with Crippen molar-refractivity contribution in [3.05, 3.63) is 63.9 Å². The van der Waals surface area contributed by atoms with Crippen molar-refractivity contribution in [2.75, 3.05) is 18.4 Å². The number of hydrogen-bond acceptors (Lipinski definition) is 3. The van der Waals surface area contributed by atoms with Crippen LogP contribution in [0.3, 0.4) is 0 Å². The van der Waals surface area contributed by atoms with Crippen molar-refractivity contribution in [3.8, 4) is 6.07 Å². The second-order valence-electron chi connectivity index (χ2n) is 6.01. The standard InChI is InChI=1S/C20H21BrFN3O/c1-2-10-25(14-16-5-3-15(13-23)4-6-16)11-9-20(26)24-19-8-7-17(21)12-18(19)22/h3-8,12H,2,9-11,14H2,1H3,(H,24,26). The summed E-state index contributed by atoms with van der Waals surface area (Å²) in [6.07, 6.45) is 1.25. The van der Waals surface area contributed by atoms with Gasteiger partial charge in [-0.05, 0) is 48.9 Å². The lowest BCUT2D eigenvalue weighted by Gasteiger charge is -2.21. The highest BCUT2D eigenvalue weighted by Crippen LogP contribution is 2.19. The Hall–Kier alpha value is -2.23. The molecule has 0 aromatic heterocycles. The van der Waals surface area contributed by atoms with Crippen LogP contribution in [0, 0.1) is 17.1 Å². The molecule has 4 nitrogen and oxygen atoms in total. The molecule has 0 radical (unpaired) electrons. The number of nitriles is 1. The van der Waals surface area contributed by atoms with Crippen molar-refractivity contribution in [3.63, 3.8) is 0 Å². The van der Waals surface area contributed by atoms with Crippen LogP contribution in [0.25, 0.3) is 0 Å². The fraction of sp³-hybridized carbons (Fsp3) is 0.300. The Bertz CT molecular complexity index is 787. The van der Waals surface area contributed by atoms with E-state index in [2.05, 4.69) is 39.1 Å². The fourth-order valence-electron chi connectivity index (χ4n) is 2.59. The molecule has 1 amide bonds. The van der Waals surface area contributed by atoms with Gasteiger partial charge in [0.25, 0.3) is 0 Å². The molecule has 6 heteroatoms. The molecule has 2 rings (SSSR count). The van der Waals surface area contributed by atoms with Crippen LogP contribution in [0.15, 0.2) is 46.9 Å². The lowest BCUT2D eigenvalue weighted by atomic mass is 10.1. The van der Waals surface area contributed by atoms with E-state index in [0.29, 0.717) is 23.1 Å². The van der Waals surface area contributed by atoms with Gasteiger partial charge in [0.2, 0.25) is 5.91 Å². The number of carbonyl (C=O) groups is 1. The normalized spacial score (nSPS) is 10.6. The van der Waals surface area contributed by atoms with Crippen LogP contribution >= 0.6 is 15.9 Å². The van der Waals surface area contributed by atoms with Gasteiger partial charge in [-0.25, -0.2) is 4.39 Å². The van der Waals surface area contributed by atoms with Gasteiger partial charge < -0.3 is 5.32 Å². The predicted molar refractivity (Wildman–Crippen MR) is 104 cm³/mol. The van der Waals surface area contributed by atoms with Gasteiger partial charge in [0, 0.05) is 24.0 Å². The average molecular weight is 418 g/mol. The summed E-state index contributed by atoms with van der Waals surface area (Å²) >= 11 is 3.19. The third-order valence-corrected chi connectivity index (χ3v) is 4.38. The number of hydrogen-bond donors (Lipinski definition) is 1. The molecule has 2 aromatic carbocycles. The zero-order valence-electron chi connectivity index (χ0n) is 14.6. The molecule has 1 N–H and O–H groups in total. The number of carbonyl (C=O) groups excluding carboxylic acids is 1. The molecule has 0 saturated heterocycles. The first-order valence-corrected chi connectivity index (χ1v) is 9.27. The summed E-state index contributed by atoms with van der Waals surface area (Å²) in [7, 11) is 0. The van der Waals surface area contributed by atoms with E-state index in [9.17, 15) is 9.18 Å². The molecule has 0 spiro atoms. The minimum Gasteiger partial charge on any atom is -0.324 e. The van der Waals surface area contributed by atoms with Gasteiger partial charge in [-0.2, -0.15) is 5.26 Å². The summed E-state index contributed by atoms with van der Waals surface area (Å²) in [5, 5.41) is 11.5. The SMILES string of the molecule is CCCN(CCC(=O)Nc1ccc(Br)cc1F)Cc1ccc(C#N)cc1. The number of nitrogens with one attached hydrogen (secondary N) is 1. The van der Waals surface area contributed by atoms with E-state index in [1.54, 1.807) is 18.2 Å². The van der Waals surface area contributed by atoms with Gasteiger partial charge in [-0.3, -0.25) is 9.69 Å². The summed E-state index contributed by atoms with van der Waals surface area (Å²) in [6.45, 7) is 4.24. The van der Waals surface area contributed by atoms with Crippen molar-refractivity contribution in [1.29, 1.82) is 5.26 Å². The van der Waals surface area contributed by atoms with Gasteiger partial charge in [-0.15, -0.1) is 0 Å². The molecule has 0 heterocycles. The van der Waals surface area contributed by atoms with Gasteiger partial charge in [0.05, 0.1) is 17.3 Å². The molecule has 2 aromatic rings. The first-order valence-electron chi connectivity index (χ1n) is 8.48. The molecule has 0 atom stereocenters. The van der Waals surface area contributed by atoms with Crippen molar-refractivity contribution in [2.24, 2.45) is 0 Å². The number of anilines is 1. The Morgan fingerprint density at radius 1 is 1.23 bits per heavy atom. The molecule has 0 fully saturated rings. The van der Waals surface area contributed by atoms with Gasteiger partial charge in [-0.1, -0.05) is 35.0 Å². The molecule has 0 unspecified atom stereocenters. The maximum atomic E-state index is 13.8. The Kier molecular flexibility index (Phi) is 7.76. The molecule has 0 bridgehead atoms. The number of halogens is 2. The van der Waals surface area contributed by atoms with E-state index in [4.69, 9.17) is 5.26 Å². The molecule has 0 aliphatic rings. The summed E-state index contributed by atoms with van der Waals surface area (Å²) < 4.78 is 14.4. The van der Waals surface area contributed by atoms with Crippen LogP contribution in [0.1, 0.15) is 30.9 Å². The third kappa shape index (κ3) is 6.25. The van der Waals surface area contributed by atoms with Crippen molar-refractivity contribution < 1.29 is 9.18 Å². The van der Waals surface area contributed by atoms with E-state index >= 15 is 0 Å². The van der Waals surface area contributed by atoms with Crippen LogP contribution in [0.2, 0.25) is 0 Å². The summed E-state index contributed by atoms with van der Waals surface area (Å²) in [4.78, 5) is 14.3. The number of amides is 1.